The fraction of sp³-hybridized carbons (Fsp3) is 0.538. The van der Waals surface area contributed by atoms with Crippen LogP contribution in [0.25, 0.3) is 0 Å². The van der Waals surface area contributed by atoms with Gasteiger partial charge in [-0.15, -0.1) is 0 Å². The van der Waals surface area contributed by atoms with Crippen LogP contribution < -0.4 is 16.0 Å². The Balaban J connectivity index is 2.10. The van der Waals surface area contributed by atoms with Crippen molar-refractivity contribution in [3.8, 4) is 5.75 Å². The molecule has 1 aliphatic heterocycles. The fourth-order valence-electron chi connectivity index (χ4n) is 2.26. The van der Waals surface area contributed by atoms with Gasteiger partial charge in [-0.05, 0) is 37.0 Å². The minimum absolute atomic E-state index is 0.0567. The van der Waals surface area contributed by atoms with Crippen molar-refractivity contribution in [2.75, 3.05) is 13.7 Å². The largest absolute Gasteiger partial charge is 0.497 e. The van der Waals surface area contributed by atoms with E-state index in [1.807, 2.05) is 24.3 Å². The van der Waals surface area contributed by atoms with Crippen LogP contribution in [0.4, 0.5) is 0 Å². The molecular formula is C13H20N2O2. The van der Waals surface area contributed by atoms with Crippen molar-refractivity contribution in [2.24, 2.45) is 5.84 Å². The van der Waals surface area contributed by atoms with Crippen molar-refractivity contribution < 1.29 is 9.47 Å². The van der Waals surface area contributed by atoms with Crippen LogP contribution in [0, 0.1) is 0 Å². The van der Waals surface area contributed by atoms with Gasteiger partial charge in [-0.3, -0.25) is 11.3 Å². The highest BCUT2D eigenvalue weighted by atomic mass is 16.5. The molecule has 2 rings (SSSR count). The van der Waals surface area contributed by atoms with Crippen molar-refractivity contribution in [1.82, 2.24) is 5.43 Å². The van der Waals surface area contributed by atoms with E-state index in [1.165, 1.54) is 6.42 Å². The third-order valence-corrected chi connectivity index (χ3v) is 3.24. The monoisotopic (exact) mass is 236 g/mol. The van der Waals surface area contributed by atoms with Gasteiger partial charge in [0.2, 0.25) is 0 Å². The summed E-state index contributed by atoms with van der Waals surface area (Å²) in [4.78, 5) is 0. The van der Waals surface area contributed by atoms with Crippen molar-refractivity contribution >= 4 is 0 Å². The highest BCUT2D eigenvalue weighted by molar-refractivity contribution is 5.29. The maximum absolute atomic E-state index is 5.77. The van der Waals surface area contributed by atoms with Crippen molar-refractivity contribution in [3.05, 3.63) is 29.8 Å². The minimum atomic E-state index is 0.0567. The molecule has 0 radical (unpaired) electrons. The molecule has 17 heavy (non-hydrogen) atoms. The predicted octanol–water partition coefficient (Wildman–Crippen LogP) is 1.77. The minimum Gasteiger partial charge on any atom is -0.497 e. The Morgan fingerprint density at radius 1 is 1.35 bits per heavy atom. The summed E-state index contributed by atoms with van der Waals surface area (Å²) in [6, 6.07) is 8.01. The highest BCUT2D eigenvalue weighted by Crippen LogP contribution is 2.26. The number of benzene rings is 1. The Morgan fingerprint density at radius 2 is 2.12 bits per heavy atom. The summed E-state index contributed by atoms with van der Waals surface area (Å²) in [6.45, 7) is 0.832. The van der Waals surface area contributed by atoms with Gasteiger partial charge in [-0.2, -0.15) is 0 Å². The second-order valence-corrected chi connectivity index (χ2v) is 4.32. The van der Waals surface area contributed by atoms with Crippen LogP contribution in [0.15, 0.2) is 24.3 Å². The lowest BCUT2D eigenvalue weighted by molar-refractivity contribution is -0.00822. The molecule has 0 bridgehead atoms. The molecule has 1 heterocycles. The van der Waals surface area contributed by atoms with E-state index in [9.17, 15) is 0 Å². The topological polar surface area (TPSA) is 56.5 Å². The number of ether oxygens (including phenoxy) is 2. The van der Waals surface area contributed by atoms with Crippen LogP contribution in [-0.4, -0.2) is 19.8 Å². The summed E-state index contributed by atoms with van der Waals surface area (Å²) >= 11 is 0. The van der Waals surface area contributed by atoms with Gasteiger partial charge in [0, 0.05) is 6.61 Å². The maximum atomic E-state index is 5.77. The zero-order valence-corrected chi connectivity index (χ0v) is 10.2. The van der Waals surface area contributed by atoms with Crippen LogP contribution in [0.3, 0.4) is 0 Å². The molecule has 3 N–H and O–H groups in total. The third-order valence-electron chi connectivity index (χ3n) is 3.24. The van der Waals surface area contributed by atoms with E-state index in [4.69, 9.17) is 15.3 Å². The van der Waals surface area contributed by atoms with E-state index in [2.05, 4.69) is 5.43 Å². The number of hydrogen-bond acceptors (Lipinski definition) is 4. The average Bonchev–Trinajstić information content (AvgIpc) is 2.42. The van der Waals surface area contributed by atoms with E-state index < -0.39 is 0 Å². The SMILES string of the molecule is COc1ccc(C(NN)C2CCCCO2)cc1. The highest BCUT2D eigenvalue weighted by Gasteiger charge is 2.24. The summed E-state index contributed by atoms with van der Waals surface area (Å²) in [5, 5.41) is 0. The molecule has 0 spiro atoms. The zero-order chi connectivity index (χ0) is 12.1. The summed E-state index contributed by atoms with van der Waals surface area (Å²) in [7, 11) is 1.66. The molecule has 0 amide bonds. The maximum Gasteiger partial charge on any atom is 0.118 e. The molecule has 0 saturated carbocycles. The summed E-state index contributed by atoms with van der Waals surface area (Å²) in [5.41, 5.74) is 4.00. The number of nitrogens with two attached hydrogens (primary N) is 1. The van der Waals surface area contributed by atoms with Crippen LogP contribution in [0.5, 0.6) is 5.75 Å². The molecular weight excluding hydrogens is 216 g/mol. The van der Waals surface area contributed by atoms with E-state index in [1.54, 1.807) is 7.11 Å². The van der Waals surface area contributed by atoms with Crippen molar-refractivity contribution in [2.45, 2.75) is 31.4 Å². The second kappa shape index (κ2) is 6.00. The first-order chi connectivity index (χ1) is 8.35. The standard InChI is InChI=1S/C13H20N2O2/c1-16-11-7-5-10(6-8-11)13(15-14)12-4-2-3-9-17-12/h5-8,12-13,15H,2-4,9,14H2,1H3. The predicted molar refractivity (Wildman–Crippen MR) is 66.6 cm³/mol. The Hall–Kier alpha value is -1.10. The molecule has 1 saturated heterocycles. The third kappa shape index (κ3) is 2.97. The Kier molecular flexibility index (Phi) is 4.36. The second-order valence-electron chi connectivity index (χ2n) is 4.32. The van der Waals surface area contributed by atoms with Gasteiger partial charge >= 0.3 is 0 Å². The lowest BCUT2D eigenvalue weighted by atomic mass is 9.96. The van der Waals surface area contributed by atoms with E-state index in [-0.39, 0.29) is 12.1 Å². The molecule has 4 nitrogen and oxygen atoms in total. The van der Waals surface area contributed by atoms with Gasteiger partial charge in [0.15, 0.2) is 0 Å². The van der Waals surface area contributed by atoms with Gasteiger partial charge in [-0.25, -0.2) is 0 Å². The Bertz CT molecular complexity index is 334. The van der Waals surface area contributed by atoms with Crippen LogP contribution >= 0.6 is 0 Å². The lowest BCUT2D eigenvalue weighted by Crippen LogP contribution is -2.39. The average molecular weight is 236 g/mol. The summed E-state index contributed by atoms with van der Waals surface area (Å²) in [6.07, 6.45) is 3.58. The molecule has 0 aromatic heterocycles. The molecule has 1 aromatic rings. The Labute approximate surface area is 102 Å². The molecule has 2 atom stereocenters. The lowest BCUT2D eigenvalue weighted by Gasteiger charge is -2.30. The number of rotatable bonds is 4. The van der Waals surface area contributed by atoms with Crippen LogP contribution in [0.1, 0.15) is 30.9 Å². The molecule has 2 unspecified atom stereocenters. The van der Waals surface area contributed by atoms with Gasteiger partial charge < -0.3 is 9.47 Å². The Morgan fingerprint density at radius 3 is 2.65 bits per heavy atom. The molecule has 0 aliphatic carbocycles. The molecule has 4 heteroatoms. The van der Waals surface area contributed by atoms with Gasteiger partial charge in [0.25, 0.3) is 0 Å². The number of hydrazine groups is 1. The number of methoxy groups -OCH3 is 1. The smallest absolute Gasteiger partial charge is 0.118 e. The summed E-state index contributed by atoms with van der Waals surface area (Å²) < 4.78 is 10.9. The van der Waals surface area contributed by atoms with Crippen LogP contribution in [0.2, 0.25) is 0 Å². The van der Waals surface area contributed by atoms with Gasteiger partial charge in [0.1, 0.15) is 5.75 Å². The first-order valence-electron chi connectivity index (χ1n) is 6.07. The molecule has 94 valence electrons. The van der Waals surface area contributed by atoms with E-state index >= 15 is 0 Å². The van der Waals surface area contributed by atoms with Gasteiger partial charge in [0.05, 0.1) is 19.3 Å². The van der Waals surface area contributed by atoms with Crippen molar-refractivity contribution in [3.63, 3.8) is 0 Å². The van der Waals surface area contributed by atoms with E-state index in [0.717, 1.165) is 30.8 Å². The summed E-state index contributed by atoms with van der Waals surface area (Å²) in [5.74, 6) is 6.50. The number of nitrogens with one attached hydrogen (secondary N) is 1. The first-order valence-corrected chi connectivity index (χ1v) is 6.07. The normalized spacial score (nSPS) is 22.1. The van der Waals surface area contributed by atoms with Gasteiger partial charge in [-0.1, -0.05) is 12.1 Å². The quantitative estimate of drug-likeness (QED) is 0.618. The zero-order valence-electron chi connectivity index (χ0n) is 10.2. The fourth-order valence-corrected chi connectivity index (χ4v) is 2.26. The van der Waals surface area contributed by atoms with Crippen molar-refractivity contribution in [1.29, 1.82) is 0 Å². The molecule has 1 fully saturated rings. The van der Waals surface area contributed by atoms with E-state index in [0.29, 0.717) is 0 Å². The van der Waals surface area contributed by atoms with Crippen LogP contribution in [-0.2, 0) is 4.74 Å². The first kappa shape index (κ1) is 12.4. The molecule has 1 aliphatic rings. The molecule has 1 aromatic carbocycles. The number of hydrogen-bond donors (Lipinski definition) is 2.